The summed E-state index contributed by atoms with van der Waals surface area (Å²) in [5.74, 6) is -0.394. The number of hydrogen-bond acceptors (Lipinski definition) is 5. The predicted molar refractivity (Wildman–Crippen MR) is 96.7 cm³/mol. The number of carbonyl (C=O) groups is 2. The lowest BCUT2D eigenvalue weighted by atomic mass is 10.2. The second-order valence-electron chi connectivity index (χ2n) is 5.29. The van der Waals surface area contributed by atoms with E-state index in [2.05, 4.69) is 15.6 Å². The largest absolute Gasteiger partial charge is 0.458 e. The van der Waals surface area contributed by atoms with Crippen LogP contribution in [0.3, 0.4) is 0 Å². The maximum atomic E-state index is 13.7. The van der Waals surface area contributed by atoms with Gasteiger partial charge in [-0.15, -0.1) is 11.3 Å². The third-order valence-electron chi connectivity index (χ3n) is 3.32. The SMILES string of the molecule is CC(=O)NCc1ccc(-c2csc(NC(=O)c3cc(Cl)ccc3F)n2)o1. The quantitative estimate of drug-likeness (QED) is 0.684. The molecule has 0 radical (unpaired) electrons. The smallest absolute Gasteiger partial charge is 0.260 e. The van der Waals surface area contributed by atoms with Crippen molar-refractivity contribution in [1.82, 2.24) is 10.3 Å². The molecule has 0 bridgehead atoms. The van der Waals surface area contributed by atoms with E-state index in [4.69, 9.17) is 16.0 Å². The second kappa shape index (κ2) is 7.67. The molecule has 0 atom stereocenters. The van der Waals surface area contributed by atoms with Crippen LogP contribution in [0.2, 0.25) is 5.02 Å². The summed E-state index contributed by atoms with van der Waals surface area (Å²) in [6.07, 6.45) is 0. The van der Waals surface area contributed by atoms with Crippen LogP contribution in [0.5, 0.6) is 0 Å². The van der Waals surface area contributed by atoms with Crippen LogP contribution in [0.25, 0.3) is 11.5 Å². The maximum Gasteiger partial charge on any atom is 0.260 e. The standard InChI is InChI=1S/C17H13ClFN3O3S/c1-9(23)20-7-11-3-5-15(25-11)14-8-26-17(21-14)22-16(24)12-6-10(18)2-4-13(12)19/h2-6,8H,7H2,1H3,(H,20,23)(H,21,22,24). The maximum absolute atomic E-state index is 13.7. The Morgan fingerprint density at radius 2 is 2.12 bits per heavy atom. The molecule has 2 amide bonds. The van der Waals surface area contributed by atoms with Crippen molar-refractivity contribution in [2.45, 2.75) is 13.5 Å². The molecule has 3 rings (SSSR count). The Morgan fingerprint density at radius 1 is 1.31 bits per heavy atom. The van der Waals surface area contributed by atoms with Gasteiger partial charge in [-0.25, -0.2) is 9.37 Å². The molecule has 2 heterocycles. The molecule has 0 aliphatic carbocycles. The van der Waals surface area contributed by atoms with Gasteiger partial charge in [0.05, 0.1) is 12.1 Å². The number of anilines is 1. The van der Waals surface area contributed by atoms with Crippen molar-refractivity contribution in [1.29, 1.82) is 0 Å². The van der Waals surface area contributed by atoms with Gasteiger partial charge in [0.2, 0.25) is 5.91 Å². The third-order valence-corrected chi connectivity index (χ3v) is 4.32. The van der Waals surface area contributed by atoms with Gasteiger partial charge in [0.15, 0.2) is 10.9 Å². The highest BCUT2D eigenvalue weighted by molar-refractivity contribution is 7.14. The van der Waals surface area contributed by atoms with Gasteiger partial charge in [-0.2, -0.15) is 0 Å². The van der Waals surface area contributed by atoms with Crippen LogP contribution in [-0.2, 0) is 11.3 Å². The van der Waals surface area contributed by atoms with E-state index in [0.29, 0.717) is 22.3 Å². The van der Waals surface area contributed by atoms with Gasteiger partial charge in [0.25, 0.3) is 5.91 Å². The second-order valence-corrected chi connectivity index (χ2v) is 6.59. The summed E-state index contributed by atoms with van der Waals surface area (Å²) in [6, 6.07) is 7.19. The number of rotatable bonds is 5. The molecule has 2 aromatic heterocycles. The molecule has 9 heteroatoms. The van der Waals surface area contributed by atoms with Gasteiger partial charge in [0, 0.05) is 17.3 Å². The minimum atomic E-state index is -0.669. The van der Waals surface area contributed by atoms with Crippen LogP contribution in [0.15, 0.2) is 40.1 Å². The minimum absolute atomic E-state index is 0.158. The highest BCUT2D eigenvalue weighted by Gasteiger charge is 2.15. The average Bonchev–Trinajstić information content (AvgIpc) is 3.24. The summed E-state index contributed by atoms with van der Waals surface area (Å²) in [6.45, 7) is 1.69. The molecular formula is C17H13ClFN3O3S. The Balaban J connectivity index is 1.71. The first-order valence-electron chi connectivity index (χ1n) is 7.48. The third kappa shape index (κ3) is 4.27. The lowest BCUT2D eigenvalue weighted by Crippen LogP contribution is -2.18. The van der Waals surface area contributed by atoms with Gasteiger partial charge < -0.3 is 9.73 Å². The number of carbonyl (C=O) groups excluding carboxylic acids is 2. The Morgan fingerprint density at radius 3 is 2.88 bits per heavy atom. The Hall–Kier alpha value is -2.71. The van der Waals surface area contributed by atoms with Gasteiger partial charge in [-0.1, -0.05) is 11.6 Å². The van der Waals surface area contributed by atoms with Crippen molar-refractivity contribution in [3.63, 3.8) is 0 Å². The fraction of sp³-hybridized carbons (Fsp3) is 0.118. The van der Waals surface area contributed by atoms with Crippen LogP contribution >= 0.6 is 22.9 Å². The normalized spacial score (nSPS) is 10.6. The van der Waals surface area contributed by atoms with Gasteiger partial charge >= 0.3 is 0 Å². The zero-order chi connectivity index (χ0) is 18.7. The molecule has 0 unspecified atom stereocenters. The molecule has 26 heavy (non-hydrogen) atoms. The molecule has 0 aliphatic rings. The highest BCUT2D eigenvalue weighted by Crippen LogP contribution is 2.27. The molecule has 0 aliphatic heterocycles. The number of hydrogen-bond donors (Lipinski definition) is 2. The molecule has 2 N–H and O–H groups in total. The number of furan rings is 1. The minimum Gasteiger partial charge on any atom is -0.458 e. The number of halogens is 2. The zero-order valence-electron chi connectivity index (χ0n) is 13.5. The summed E-state index contributed by atoms with van der Waals surface area (Å²) in [4.78, 5) is 27.4. The van der Waals surface area contributed by atoms with E-state index >= 15 is 0 Å². The van der Waals surface area contributed by atoms with Crippen molar-refractivity contribution in [2.75, 3.05) is 5.32 Å². The van der Waals surface area contributed by atoms with E-state index in [9.17, 15) is 14.0 Å². The number of thiazole rings is 1. The first-order valence-corrected chi connectivity index (χ1v) is 8.73. The van der Waals surface area contributed by atoms with Gasteiger partial charge in [-0.3, -0.25) is 14.9 Å². The predicted octanol–water partition coefficient (Wildman–Crippen LogP) is 4.08. The van der Waals surface area contributed by atoms with Crippen LogP contribution in [-0.4, -0.2) is 16.8 Å². The molecule has 0 fully saturated rings. The van der Waals surface area contributed by atoms with Crippen LogP contribution in [0.1, 0.15) is 23.0 Å². The van der Waals surface area contributed by atoms with E-state index in [1.54, 1.807) is 17.5 Å². The number of amides is 2. The van der Waals surface area contributed by atoms with Crippen molar-refractivity contribution in [2.24, 2.45) is 0 Å². The van der Waals surface area contributed by atoms with Crippen molar-refractivity contribution >= 4 is 39.9 Å². The van der Waals surface area contributed by atoms with Crippen molar-refractivity contribution in [3.05, 3.63) is 57.9 Å². The van der Waals surface area contributed by atoms with E-state index in [0.717, 1.165) is 6.07 Å². The summed E-state index contributed by atoms with van der Waals surface area (Å²) in [7, 11) is 0. The number of benzene rings is 1. The fourth-order valence-electron chi connectivity index (χ4n) is 2.10. The molecule has 0 spiro atoms. The Labute approximate surface area is 157 Å². The highest BCUT2D eigenvalue weighted by atomic mass is 35.5. The lowest BCUT2D eigenvalue weighted by molar-refractivity contribution is -0.119. The average molecular weight is 394 g/mol. The summed E-state index contributed by atoms with van der Waals surface area (Å²) < 4.78 is 19.3. The molecule has 0 saturated heterocycles. The molecular weight excluding hydrogens is 381 g/mol. The monoisotopic (exact) mass is 393 g/mol. The van der Waals surface area contributed by atoms with Crippen molar-refractivity contribution in [3.8, 4) is 11.5 Å². The Kier molecular flexibility index (Phi) is 5.34. The van der Waals surface area contributed by atoms with Crippen molar-refractivity contribution < 1.29 is 18.4 Å². The van der Waals surface area contributed by atoms with Crippen LogP contribution in [0, 0.1) is 5.82 Å². The van der Waals surface area contributed by atoms with Crippen LogP contribution in [0.4, 0.5) is 9.52 Å². The lowest BCUT2D eigenvalue weighted by Gasteiger charge is -2.03. The molecule has 1 aromatic carbocycles. The molecule has 3 aromatic rings. The number of aromatic nitrogens is 1. The first kappa shape index (κ1) is 18.1. The molecule has 0 saturated carbocycles. The summed E-state index contributed by atoms with van der Waals surface area (Å²) >= 11 is 6.97. The summed E-state index contributed by atoms with van der Waals surface area (Å²) in [5, 5.41) is 7.42. The zero-order valence-corrected chi connectivity index (χ0v) is 15.1. The number of nitrogens with one attached hydrogen (secondary N) is 2. The van der Waals surface area contributed by atoms with Gasteiger partial charge in [0.1, 0.15) is 17.3 Å². The van der Waals surface area contributed by atoms with E-state index in [1.807, 2.05) is 0 Å². The van der Waals surface area contributed by atoms with Gasteiger partial charge in [-0.05, 0) is 30.3 Å². The number of nitrogens with zero attached hydrogens (tertiary/aromatic N) is 1. The summed E-state index contributed by atoms with van der Waals surface area (Å²) in [5.41, 5.74) is 0.357. The Bertz CT molecular complexity index is 970. The fourth-order valence-corrected chi connectivity index (χ4v) is 2.97. The van der Waals surface area contributed by atoms with E-state index in [-0.39, 0.29) is 23.0 Å². The topological polar surface area (TPSA) is 84.2 Å². The van der Waals surface area contributed by atoms with E-state index in [1.165, 1.54) is 30.4 Å². The van der Waals surface area contributed by atoms with Crippen LogP contribution < -0.4 is 10.6 Å². The molecule has 6 nitrogen and oxygen atoms in total. The molecule has 134 valence electrons. The first-order chi connectivity index (χ1) is 12.4. The van der Waals surface area contributed by atoms with E-state index < -0.39 is 11.7 Å².